The molecule has 8 nitrogen and oxygen atoms in total. The normalized spacial score (nSPS) is 19.8. The van der Waals surface area contributed by atoms with Gasteiger partial charge >= 0.3 is 6.18 Å². The number of piperidine rings is 1. The largest absolute Gasteiger partial charge is 0.419 e. The first-order valence-electron chi connectivity index (χ1n) is 11.1. The third kappa shape index (κ3) is 5.29. The lowest BCUT2D eigenvalue weighted by atomic mass is 9.88. The topological polar surface area (TPSA) is 88.8 Å². The maximum Gasteiger partial charge on any atom is 0.419 e. The van der Waals surface area contributed by atoms with Gasteiger partial charge in [-0.25, -0.2) is 18.7 Å². The number of carbonyl (C=O) groups is 1. The number of amides is 1. The third-order valence-electron chi connectivity index (χ3n) is 6.08. The molecule has 13 heteroatoms. The van der Waals surface area contributed by atoms with Gasteiger partial charge in [-0.3, -0.25) is 14.5 Å². The number of carbonyl (C=O) groups excluding carboxylic acids is 1. The molecule has 3 aromatic heterocycles. The van der Waals surface area contributed by atoms with Gasteiger partial charge in [-0.15, -0.1) is 0 Å². The van der Waals surface area contributed by atoms with Crippen LogP contribution in [-0.2, 0) is 13.2 Å². The lowest BCUT2D eigenvalue weighted by molar-refractivity contribution is -0.138. The minimum absolute atomic E-state index is 0.0139. The molecule has 0 saturated carbocycles. The van der Waals surface area contributed by atoms with E-state index >= 15 is 0 Å². The summed E-state index contributed by atoms with van der Waals surface area (Å²) in [5.41, 5.74) is 0.691. The number of aromatic nitrogens is 5. The molecule has 4 rings (SSSR count). The summed E-state index contributed by atoms with van der Waals surface area (Å²) in [5, 5.41) is 7.03. The molecule has 1 aliphatic heterocycles. The van der Waals surface area contributed by atoms with Crippen molar-refractivity contribution in [1.82, 2.24) is 29.6 Å². The first kappa shape index (κ1) is 25.5. The van der Waals surface area contributed by atoms with Gasteiger partial charge in [-0.05, 0) is 24.5 Å². The summed E-state index contributed by atoms with van der Waals surface area (Å²) in [6.45, 7) is 2.54. The van der Waals surface area contributed by atoms with Crippen molar-refractivity contribution in [3.8, 4) is 11.3 Å². The molecule has 0 aromatic carbocycles. The second-order valence-electron chi connectivity index (χ2n) is 8.95. The van der Waals surface area contributed by atoms with Crippen molar-refractivity contribution in [2.24, 2.45) is 13.0 Å². The van der Waals surface area contributed by atoms with E-state index in [2.05, 4.69) is 25.4 Å². The van der Waals surface area contributed by atoms with Gasteiger partial charge in [0.1, 0.15) is 0 Å². The second-order valence-corrected chi connectivity index (χ2v) is 8.95. The summed E-state index contributed by atoms with van der Waals surface area (Å²) in [4.78, 5) is 26.4. The predicted molar refractivity (Wildman–Crippen MR) is 120 cm³/mol. The zero-order valence-electron chi connectivity index (χ0n) is 19.7. The molecule has 0 radical (unpaired) electrons. The Balaban J connectivity index is 1.62. The summed E-state index contributed by atoms with van der Waals surface area (Å²) in [7, 11) is 1.62. The highest BCUT2D eigenvalue weighted by Crippen LogP contribution is 2.36. The number of alkyl halides is 5. The fraction of sp³-hybridized carbons (Fsp3) is 0.435. The molecular formula is C23H24F5N7O. The van der Waals surface area contributed by atoms with Crippen LogP contribution < -0.4 is 5.32 Å². The third-order valence-corrected chi connectivity index (χ3v) is 6.08. The Morgan fingerprint density at radius 1 is 1.22 bits per heavy atom. The average Bonchev–Trinajstić information content (AvgIpc) is 3.18. The number of nitrogens with zero attached hydrogens (tertiary/aromatic N) is 6. The minimum Gasteiger partial charge on any atom is -0.352 e. The maximum absolute atomic E-state index is 14.6. The first-order valence-corrected chi connectivity index (χ1v) is 11.1. The van der Waals surface area contributed by atoms with Crippen molar-refractivity contribution in [1.29, 1.82) is 0 Å². The molecule has 2 atom stereocenters. The van der Waals surface area contributed by atoms with Crippen molar-refractivity contribution in [3.63, 3.8) is 0 Å². The van der Waals surface area contributed by atoms with Gasteiger partial charge in [0.15, 0.2) is 5.69 Å². The Hall–Kier alpha value is -3.64. The van der Waals surface area contributed by atoms with Gasteiger partial charge in [0.25, 0.3) is 11.8 Å². The molecule has 0 unspecified atom stereocenters. The fourth-order valence-corrected chi connectivity index (χ4v) is 4.36. The number of pyridine rings is 1. The fourth-order valence-electron chi connectivity index (χ4n) is 4.36. The molecule has 3 aromatic rings. The number of anilines is 1. The molecule has 192 valence electrons. The summed E-state index contributed by atoms with van der Waals surface area (Å²) in [5.74, 6) is -4.56. The highest BCUT2D eigenvalue weighted by atomic mass is 19.4. The van der Waals surface area contributed by atoms with Gasteiger partial charge in [0.05, 0.1) is 29.4 Å². The van der Waals surface area contributed by atoms with E-state index < -0.39 is 48.5 Å². The van der Waals surface area contributed by atoms with Crippen LogP contribution in [0.25, 0.3) is 11.3 Å². The van der Waals surface area contributed by atoms with E-state index in [-0.39, 0.29) is 18.2 Å². The zero-order chi connectivity index (χ0) is 26.3. The summed E-state index contributed by atoms with van der Waals surface area (Å²) < 4.78 is 68.9. The van der Waals surface area contributed by atoms with Crippen molar-refractivity contribution in [3.05, 3.63) is 53.7 Å². The van der Waals surface area contributed by atoms with E-state index in [0.29, 0.717) is 23.7 Å². The molecule has 1 aliphatic rings. The Kier molecular flexibility index (Phi) is 6.67. The van der Waals surface area contributed by atoms with E-state index in [1.54, 1.807) is 32.4 Å². The lowest BCUT2D eigenvalue weighted by Crippen LogP contribution is -2.57. The van der Waals surface area contributed by atoms with E-state index in [1.807, 2.05) is 13.0 Å². The van der Waals surface area contributed by atoms with Crippen LogP contribution in [0.5, 0.6) is 0 Å². The van der Waals surface area contributed by atoms with Crippen molar-refractivity contribution in [2.45, 2.75) is 38.4 Å². The molecule has 1 fully saturated rings. The van der Waals surface area contributed by atoms with E-state index in [4.69, 9.17) is 0 Å². The van der Waals surface area contributed by atoms with Gasteiger partial charge in [-0.2, -0.15) is 18.3 Å². The van der Waals surface area contributed by atoms with Crippen molar-refractivity contribution in [2.75, 3.05) is 18.4 Å². The van der Waals surface area contributed by atoms with E-state index in [9.17, 15) is 26.7 Å². The van der Waals surface area contributed by atoms with Gasteiger partial charge in [-0.1, -0.05) is 13.0 Å². The van der Waals surface area contributed by atoms with Crippen LogP contribution in [0.2, 0.25) is 0 Å². The zero-order valence-corrected chi connectivity index (χ0v) is 19.7. The molecule has 36 heavy (non-hydrogen) atoms. The van der Waals surface area contributed by atoms with Crippen LogP contribution in [0.15, 0.2) is 36.9 Å². The first-order chi connectivity index (χ1) is 16.9. The smallest absolute Gasteiger partial charge is 0.352 e. The van der Waals surface area contributed by atoms with Crippen LogP contribution >= 0.6 is 0 Å². The molecule has 4 heterocycles. The lowest BCUT2D eigenvalue weighted by Gasteiger charge is -2.43. The Morgan fingerprint density at radius 2 is 1.92 bits per heavy atom. The van der Waals surface area contributed by atoms with E-state index in [0.717, 1.165) is 10.5 Å². The van der Waals surface area contributed by atoms with Crippen molar-refractivity contribution < 1.29 is 26.7 Å². The van der Waals surface area contributed by atoms with Crippen LogP contribution in [0.1, 0.15) is 35.0 Å². The second kappa shape index (κ2) is 9.43. The quantitative estimate of drug-likeness (QED) is 0.519. The molecule has 1 N–H and O–H groups in total. The molecule has 0 bridgehead atoms. The van der Waals surface area contributed by atoms with E-state index in [1.165, 1.54) is 4.68 Å². The van der Waals surface area contributed by atoms with Gasteiger partial charge in [0.2, 0.25) is 5.95 Å². The number of hydrogen-bond acceptors (Lipinski definition) is 6. The number of nitrogens with one attached hydrogen (secondary N) is 1. The Labute approximate surface area is 203 Å². The SMILES string of the molecule is Cc1cccnc1-c1cn(C)nc1C(=O)N1CC(F)(F)C[C@@H](C)[C@H]1CNc1ncc(C(F)(F)F)cn1. The van der Waals surface area contributed by atoms with Crippen LogP contribution in [0.4, 0.5) is 27.9 Å². The number of rotatable bonds is 5. The molecule has 1 amide bonds. The maximum atomic E-state index is 14.6. The number of halogens is 5. The molecule has 0 aliphatic carbocycles. The standard InChI is InChI=1S/C23H24F5N7O/c1-13-5-4-6-29-18(13)16-11-34(3)33-19(16)20(36)35-12-22(24,25)7-14(2)17(35)10-32-21-30-8-15(9-31-21)23(26,27)28/h4-6,8-9,11,14,17H,7,10,12H2,1-3H3,(H,30,31,32)/t14-,17-/m1/s1. The van der Waals surface area contributed by atoms with Gasteiger partial charge in [0, 0.05) is 44.8 Å². The number of hydrogen-bond donors (Lipinski definition) is 1. The van der Waals surface area contributed by atoms with Crippen molar-refractivity contribution >= 4 is 11.9 Å². The number of likely N-dealkylation sites (tertiary alicyclic amines) is 1. The summed E-state index contributed by atoms with van der Waals surface area (Å²) in [6, 6.07) is 2.84. The average molecular weight is 509 g/mol. The van der Waals surface area contributed by atoms with Gasteiger partial charge < -0.3 is 10.2 Å². The predicted octanol–water partition coefficient (Wildman–Crippen LogP) is 4.20. The molecular weight excluding hydrogens is 485 g/mol. The number of aryl methyl sites for hydroxylation is 2. The Morgan fingerprint density at radius 3 is 2.56 bits per heavy atom. The highest BCUT2D eigenvalue weighted by molar-refractivity contribution is 5.99. The Bertz CT molecular complexity index is 1240. The van der Waals surface area contributed by atoms with Crippen LogP contribution in [-0.4, -0.2) is 60.6 Å². The summed E-state index contributed by atoms with van der Waals surface area (Å²) in [6.07, 6.45) is -0.601. The minimum atomic E-state index is -4.59. The monoisotopic (exact) mass is 509 g/mol. The summed E-state index contributed by atoms with van der Waals surface area (Å²) >= 11 is 0. The van der Waals surface area contributed by atoms with Crippen LogP contribution in [0, 0.1) is 12.8 Å². The van der Waals surface area contributed by atoms with Crippen LogP contribution in [0.3, 0.4) is 0 Å². The molecule has 1 saturated heterocycles. The highest BCUT2D eigenvalue weighted by Gasteiger charge is 2.47. The molecule has 0 spiro atoms.